The summed E-state index contributed by atoms with van der Waals surface area (Å²) in [5.41, 5.74) is 8.44. The third-order valence-corrected chi connectivity index (χ3v) is 5.06. The van der Waals surface area contributed by atoms with Gasteiger partial charge in [-0.3, -0.25) is 0 Å². The van der Waals surface area contributed by atoms with Crippen LogP contribution in [0, 0.1) is 22.2 Å². The largest absolute Gasteiger partial charge is 0.0764 e. The van der Waals surface area contributed by atoms with Gasteiger partial charge in [0.25, 0.3) is 0 Å². The van der Waals surface area contributed by atoms with Gasteiger partial charge in [-0.25, -0.2) is 0 Å². The standard InChI is InChI=1S/C23H36/c1-15-13-17(19(14-15)22(5,6)7)16-11-12-18(21(2,3)4)20(16)23(8,9)10/h12-14,17H,11H2,1-10H3. The van der Waals surface area contributed by atoms with E-state index >= 15 is 0 Å². The van der Waals surface area contributed by atoms with Crippen molar-refractivity contribution in [2.45, 2.75) is 75.7 Å². The molecule has 0 aliphatic heterocycles. The summed E-state index contributed by atoms with van der Waals surface area (Å²) in [5.74, 6) is 0.486. The van der Waals surface area contributed by atoms with E-state index in [4.69, 9.17) is 0 Å². The minimum absolute atomic E-state index is 0.193. The van der Waals surface area contributed by atoms with E-state index < -0.39 is 0 Å². The van der Waals surface area contributed by atoms with E-state index in [0.29, 0.717) is 5.92 Å². The van der Waals surface area contributed by atoms with Gasteiger partial charge >= 0.3 is 0 Å². The first-order valence-corrected chi connectivity index (χ1v) is 9.08. The molecule has 1 atom stereocenters. The van der Waals surface area contributed by atoms with Gasteiger partial charge in [-0.05, 0) is 40.7 Å². The van der Waals surface area contributed by atoms with Crippen LogP contribution >= 0.6 is 0 Å². The third-order valence-electron chi connectivity index (χ3n) is 5.06. The highest BCUT2D eigenvalue weighted by Crippen LogP contribution is 2.52. The van der Waals surface area contributed by atoms with Crippen molar-refractivity contribution in [1.29, 1.82) is 0 Å². The van der Waals surface area contributed by atoms with E-state index in [2.05, 4.69) is 87.5 Å². The van der Waals surface area contributed by atoms with Crippen LogP contribution in [-0.2, 0) is 0 Å². The number of allylic oxidation sites excluding steroid dienone is 8. The molecule has 0 aromatic carbocycles. The molecule has 0 spiro atoms. The molecule has 1 unspecified atom stereocenters. The summed E-state index contributed by atoms with van der Waals surface area (Å²) in [6, 6.07) is 0. The van der Waals surface area contributed by atoms with Gasteiger partial charge in [-0.15, -0.1) is 0 Å². The van der Waals surface area contributed by atoms with Crippen LogP contribution in [-0.4, -0.2) is 0 Å². The first kappa shape index (κ1) is 18.3. The first-order valence-electron chi connectivity index (χ1n) is 9.08. The van der Waals surface area contributed by atoms with Gasteiger partial charge in [0.15, 0.2) is 0 Å². The molecule has 0 heterocycles. The van der Waals surface area contributed by atoms with E-state index in [9.17, 15) is 0 Å². The van der Waals surface area contributed by atoms with E-state index in [1.807, 2.05) is 0 Å². The zero-order chi connectivity index (χ0) is 17.8. The zero-order valence-corrected chi connectivity index (χ0v) is 17.0. The van der Waals surface area contributed by atoms with Crippen molar-refractivity contribution < 1.29 is 0 Å². The summed E-state index contributed by atoms with van der Waals surface area (Å²) in [5, 5.41) is 0. The molecule has 2 aliphatic rings. The highest BCUT2D eigenvalue weighted by molar-refractivity contribution is 5.55. The molecule has 0 N–H and O–H groups in total. The second-order valence-electron chi connectivity index (χ2n) is 10.5. The molecule has 0 bridgehead atoms. The van der Waals surface area contributed by atoms with Crippen molar-refractivity contribution >= 4 is 0 Å². The van der Waals surface area contributed by atoms with Crippen LogP contribution < -0.4 is 0 Å². The Balaban J connectivity index is 2.59. The fraction of sp³-hybridized carbons (Fsp3) is 0.652. The van der Waals surface area contributed by atoms with Crippen molar-refractivity contribution in [3.63, 3.8) is 0 Å². The highest BCUT2D eigenvalue weighted by Gasteiger charge is 2.38. The molecule has 128 valence electrons. The molecule has 0 amide bonds. The average Bonchev–Trinajstić information content (AvgIpc) is 2.88. The minimum atomic E-state index is 0.193. The van der Waals surface area contributed by atoms with Crippen molar-refractivity contribution in [2.75, 3.05) is 0 Å². The van der Waals surface area contributed by atoms with Gasteiger partial charge < -0.3 is 0 Å². The molecule has 2 rings (SSSR count). The summed E-state index contributed by atoms with van der Waals surface area (Å²) in [7, 11) is 0. The van der Waals surface area contributed by atoms with Crippen molar-refractivity contribution in [1.82, 2.24) is 0 Å². The van der Waals surface area contributed by atoms with Crippen LogP contribution in [0.2, 0.25) is 0 Å². The molecule has 23 heavy (non-hydrogen) atoms. The van der Waals surface area contributed by atoms with Crippen LogP contribution in [0.1, 0.15) is 75.7 Å². The normalized spacial score (nSPS) is 23.2. The Morgan fingerprint density at radius 1 is 0.826 bits per heavy atom. The first-order chi connectivity index (χ1) is 10.2. The van der Waals surface area contributed by atoms with Gasteiger partial charge in [0.2, 0.25) is 0 Å². The number of rotatable bonds is 1. The minimum Gasteiger partial charge on any atom is -0.0764 e. The predicted molar refractivity (Wildman–Crippen MR) is 103 cm³/mol. The van der Waals surface area contributed by atoms with Gasteiger partial charge in [-0.2, -0.15) is 0 Å². The van der Waals surface area contributed by atoms with Crippen LogP contribution in [0.5, 0.6) is 0 Å². The summed E-state index contributed by atoms with van der Waals surface area (Å²) in [4.78, 5) is 0. The molecule has 0 saturated carbocycles. The van der Waals surface area contributed by atoms with Crippen LogP contribution in [0.4, 0.5) is 0 Å². The molecule has 0 saturated heterocycles. The average molecular weight is 313 g/mol. The molecule has 0 aromatic rings. The number of hydrogen-bond acceptors (Lipinski definition) is 0. The maximum atomic E-state index is 2.50. The lowest BCUT2D eigenvalue weighted by Crippen LogP contribution is -2.23. The fourth-order valence-electron chi connectivity index (χ4n) is 4.15. The summed E-state index contributed by atoms with van der Waals surface area (Å²) in [6.07, 6.45) is 8.52. The molecular formula is C23H36. The van der Waals surface area contributed by atoms with Crippen molar-refractivity contribution in [3.8, 4) is 0 Å². The molecule has 0 fully saturated rings. The number of hydrogen-bond donors (Lipinski definition) is 0. The molecule has 0 heteroatoms. The monoisotopic (exact) mass is 312 g/mol. The summed E-state index contributed by atoms with van der Waals surface area (Å²) < 4.78 is 0. The lowest BCUT2D eigenvalue weighted by Gasteiger charge is -2.35. The fourth-order valence-corrected chi connectivity index (χ4v) is 4.15. The van der Waals surface area contributed by atoms with E-state index in [-0.39, 0.29) is 16.2 Å². The Morgan fingerprint density at radius 2 is 1.39 bits per heavy atom. The molecule has 0 aromatic heterocycles. The van der Waals surface area contributed by atoms with Gasteiger partial charge in [0, 0.05) is 5.92 Å². The van der Waals surface area contributed by atoms with Gasteiger partial charge in [0.1, 0.15) is 0 Å². The Kier molecular flexibility index (Phi) is 4.38. The maximum absolute atomic E-state index is 2.50. The molecular weight excluding hydrogens is 276 g/mol. The lowest BCUT2D eigenvalue weighted by atomic mass is 9.70. The van der Waals surface area contributed by atoms with E-state index in [0.717, 1.165) is 6.42 Å². The second kappa shape index (κ2) is 5.50. The summed E-state index contributed by atoms with van der Waals surface area (Å²) in [6.45, 7) is 23.5. The van der Waals surface area contributed by atoms with E-state index in [1.165, 1.54) is 5.57 Å². The lowest BCUT2D eigenvalue weighted by molar-refractivity contribution is 0.437. The Hall–Kier alpha value is -1.04. The Morgan fingerprint density at radius 3 is 1.83 bits per heavy atom. The molecule has 0 radical (unpaired) electrons. The Labute approximate surface area is 144 Å². The smallest absolute Gasteiger partial charge is 0.0210 e. The highest BCUT2D eigenvalue weighted by atomic mass is 14.4. The quantitative estimate of drug-likeness (QED) is 0.478. The zero-order valence-electron chi connectivity index (χ0n) is 17.0. The topological polar surface area (TPSA) is 0 Å². The van der Waals surface area contributed by atoms with Crippen molar-refractivity contribution in [2.24, 2.45) is 22.2 Å². The van der Waals surface area contributed by atoms with Gasteiger partial charge in [-0.1, -0.05) is 97.3 Å². The predicted octanol–water partition coefficient (Wildman–Crippen LogP) is 7.25. The van der Waals surface area contributed by atoms with Crippen molar-refractivity contribution in [3.05, 3.63) is 46.1 Å². The van der Waals surface area contributed by atoms with Crippen LogP contribution in [0.3, 0.4) is 0 Å². The SMILES string of the molecule is CC1=CC(C2=C(C(C)(C)C)C(C(C)(C)C)=CC2)C(C(C)(C)C)=C1. The van der Waals surface area contributed by atoms with Crippen LogP contribution in [0.25, 0.3) is 0 Å². The Bertz CT molecular complexity index is 610. The molecule has 2 aliphatic carbocycles. The summed E-state index contributed by atoms with van der Waals surface area (Å²) >= 11 is 0. The van der Waals surface area contributed by atoms with Crippen LogP contribution in [0.15, 0.2) is 46.1 Å². The third kappa shape index (κ3) is 3.57. The van der Waals surface area contributed by atoms with E-state index in [1.54, 1.807) is 22.3 Å². The maximum Gasteiger partial charge on any atom is 0.0210 e. The molecule has 0 nitrogen and oxygen atoms in total. The second-order valence-corrected chi connectivity index (χ2v) is 10.5. The van der Waals surface area contributed by atoms with Gasteiger partial charge in [0.05, 0.1) is 0 Å².